The molecule has 1 aliphatic carbocycles. The van der Waals surface area contributed by atoms with Gasteiger partial charge in [-0.05, 0) is 31.9 Å². The Morgan fingerprint density at radius 3 is 3.00 bits per heavy atom. The lowest BCUT2D eigenvalue weighted by Gasteiger charge is -2.03. The van der Waals surface area contributed by atoms with Gasteiger partial charge < -0.3 is 5.32 Å². The molecule has 0 aliphatic heterocycles. The lowest BCUT2D eigenvalue weighted by Crippen LogP contribution is -2.15. The van der Waals surface area contributed by atoms with Crippen molar-refractivity contribution in [2.75, 3.05) is 0 Å². The maximum atomic E-state index is 4.66. The van der Waals surface area contributed by atoms with Gasteiger partial charge >= 0.3 is 0 Å². The molecule has 0 radical (unpaired) electrons. The normalized spacial score (nSPS) is 15.1. The highest BCUT2D eigenvalue weighted by Crippen LogP contribution is 2.26. The second-order valence-corrected chi connectivity index (χ2v) is 6.30. The van der Waals surface area contributed by atoms with Crippen LogP contribution >= 0.6 is 11.3 Å². The quantitative estimate of drug-likeness (QED) is 0.800. The summed E-state index contributed by atoms with van der Waals surface area (Å²) in [6.07, 6.45) is 4.58. The maximum Gasteiger partial charge on any atom is 0.211 e. The Morgan fingerprint density at radius 1 is 1.35 bits per heavy atom. The molecule has 1 N–H and O–H groups in total. The van der Waals surface area contributed by atoms with E-state index in [0.29, 0.717) is 0 Å². The summed E-state index contributed by atoms with van der Waals surface area (Å²) in [5.41, 5.74) is 3.48. The molecule has 0 atom stereocenters. The predicted octanol–water partition coefficient (Wildman–Crippen LogP) is 3.04. The summed E-state index contributed by atoms with van der Waals surface area (Å²) in [4.78, 5) is 4.66. The van der Waals surface area contributed by atoms with Gasteiger partial charge in [0.15, 0.2) is 0 Å². The van der Waals surface area contributed by atoms with Crippen LogP contribution < -0.4 is 5.32 Å². The zero-order chi connectivity index (χ0) is 13.5. The molecule has 1 aromatic carbocycles. The van der Waals surface area contributed by atoms with E-state index in [1.807, 2.05) is 29.1 Å². The third kappa shape index (κ3) is 2.13. The molecule has 4 nitrogen and oxygen atoms in total. The van der Waals surface area contributed by atoms with E-state index in [1.54, 1.807) is 11.3 Å². The fraction of sp³-hybridized carbons (Fsp3) is 0.333. The standard InChI is InChI=1S/C15H16N4S/c1-10-11(8-16-12-6-7-12)9-17-19(10)15-18-13-4-2-3-5-14(13)20-15/h2-5,9,12,16H,6-8H2,1H3. The first-order chi connectivity index (χ1) is 9.81. The molecule has 0 saturated heterocycles. The van der Waals surface area contributed by atoms with E-state index in [1.165, 1.54) is 28.8 Å². The number of nitrogens with one attached hydrogen (secondary N) is 1. The average Bonchev–Trinajstić information content (AvgIpc) is 3.07. The summed E-state index contributed by atoms with van der Waals surface area (Å²) >= 11 is 1.68. The Morgan fingerprint density at radius 2 is 2.20 bits per heavy atom. The van der Waals surface area contributed by atoms with Crippen molar-refractivity contribution in [3.8, 4) is 5.13 Å². The second kappa shape index (κ2) is 4.68. The first-order valence-corrected chi connectivity index (χ1v) is 7.76. The van der Waals surface area contributed by atoms with Gasteiger partial charge in [-0.25, -0.2) is 9.67 Å². The maximum absolute atomic E-state index is 4.66. The molecule has 0 amide bonds. The highest BCUT2D eigenvalue weighted by molar-refractivity contribution is 7.20. The van der Waals surface area contributed by atoms with Crippen molar-refractivity contribution in [2.24, 2.45) is 0 Å². The van der Waals surface area contributed by atoms with Gasteiger partial charge in [-0.15, -0.1) is 0 Å². The first kappa shape index (κ1) is 12.1. The molecule has 2 aromatic heterocycles. The van der Waals surface area contributed by atoms with Gasteiger partial charge in [-0.1, -0.05) is 23.5 Å². The molecule has 102 valence electrons. The van der Waals surface area contributed by atoms with Crippen LogP contribution in [0.2, 0.25) is 0 Å². The van der Waals surface area contributed by atoms with Gasteiger partial charge in [0, 0.05) is 23.8 Å². The van der Waals surface area contributed by atoms with E-state index in [4.69, 9.17) is 0 Å². The van der Waals surface area contributed by atoms with Crippen molar-refractivity contribution in [3.05, 3.63) is 41.7 Å². The summed E-state index contributed by atoms with van der Waals surface area (Å²) in [7, 11) is 0. The lowest BCUT2D eigenvalue weighted by atomic mass is 10.2. The van der Waals surface area contributed by atoms with Crippen molar-refractivity contribution in [1.29, 1.82) is 0 Å². The zero-order valence-corrected chi connectivity index (χ0v) is 12.2. The minimum Gasteiger partial charge on any atom is -0.310 e. The zero-order valence-electron chi connectivity index (χ0n) is 11.3. The van der Waals surface area contributed by atoms with Crippen LogP contribution in [-0.4, -0.2) is 20.8 Å². The predicted molar refractivity (Wildman–Crippen MR) is 81.3 cm³/mol. The average molecular weight is 284 g/mol. The van der Waals surface area contributed by atoms with Crippen LogP contribution in [0.25, 0.3) is 15.3 Å². The molecule has 0 spiro atoms. The van der Waals surface area contributed by atoms with Crippen molar-refractivity contribution < 1.29 is 0 Å². The SMILES string of the molecule is Cc1c(CNC2CC2)cnn1-c1nc2ccccc2s1. The molecule has 1 saturated carbocycles. The Hall–Kier alpha value is -1.72. The van der Waals surface area contributed by atoms with Crippen molar-refractivity contribution in [1.82, 2.24) is 20.1 Å². The van der Waals surface area contributed by atoms with E-state index in [9.17, 15) is 0 Å². The van der Waals surface area contributed by atoms with Crippen LogP contribution in [0.4, 0.5) is 0 Å². The van der Waals surface area contributed by atoms with Crippen molar-refractivity contribution in [3.63, 3.8) is 0 Å². The summed E-state index contributed by atoms with van der Waals surface area (Å²) in [6, 6.07) is 8.94. The Balaban J connectivity index is 1.66. The monoisotopic (exact) mass is 284 g/mol. The van der Waals surface area contributed by atoms with Gasteiger partial charge in [0.25, 0.3) is 0 Å². The number of hydrogen-bond acceptors (Lipinski definition) is 4. The molecule has 3 aromatic rings. The summed E-state index contributed by atoms with van der Waals surface area (Å²) in [6.45, 7) is 3.02. The van der Waals surface area contributed by atoms with E-state index in [-0.39, 0.29) is 0 Å². The smallest absolute Gasteiger partial charge is 0.211 e. The van der Waals surface area contributed by atoms with E-state index >= 15 is 0 Å². The van der Waals surface area contributed by atoms with Crippen LogP contribution in [0.5, 0.6) is 0 Å². The number of rotatable bonds is 4. The van der Waals surface area contributed by atoms with Gasteiger partial charge in [0.2, 0.25) is 5.13 Å². The first-order valence-electron chi connectivity index (χ1n) is 6.94. The molecule has 1 fully saturated rings. The van der Waals surface area contributed by atoms with Crippen molar-refractivity contribution in [2.45, 2.75) is 32.4 Å². The Labute approximate surface area is 121 Å². The molecule has 0 bridgehead atoms. The fourth-order valence-electron chi connectivity index (χ4n) is 2.30. The number of para-hydroxylation sites is 1. The number of fused-ring (bicyclic) bond motifs is 1. The minimum atomic E-state index is 0.722. The van der Waals surface area contributed by atoms with Gasteiger partial charge in [0.05, 0.1) is 16.4 Å². The highest BCUT2D eigenvalue weighted by Gasteiger charge is 2.21. The number of nitrogens with zero attached hydrogens (tertiary/aromatic N) is 3. The highest BCUT2D eigenvalue weighted by atomic mass is 32.1. The van der Waals surface area contributed by atoms with Crippen LogP contribution in [0, 0.1) is 6.92 Å². The van der Waals surface area contributed by atoms with Crippen LogP contribution in [-0.2, 0) is 6.54 Å². The van der Waals surface area contributed by atoms with E-state index in [2.05, 4.69) is 28.4 Å². The molecular formula is C15H16N4S. The molecule has 5 heteroatoms. The number of aromatic nitrogens is 3. The molecule has 1 aliphatic rings. The largest absolute Gasteiger partial charge is 0.310 e. The number of hydrogen-bond donors (Lipinski definition) is 1. The molecule has 2 heterocycles. The number of benzene rings is 1. The molecule has 4 rings (SSSR count). The van der Waals surface area contributed by atoms with Crippen LogP contribution in [0.1, 0.15) is 24.1 Å². The third-order valence-corrected chi connectivity index (χ3v) is 4.75. The molecule has 20 heavy (non-hydrogen) atoms. The number of thiazole rings is 1. The molecular weight excluding hydrogens is 268 g/mol. The van der Waals surface area contributed by atoms with Gasteiger partial charge in [0.1, 0.15) is 0 Å². The van der Waals surface area contributed by atoms with E-state index < -0.39 is 0 Å². The summed E-state index contributed by atoms with van der Waals surface area (Å²) < 4.78 is 3.16. The topological polar surface area (TPSA) is 42.7 Å². The Kier molecular flexibility index (Phi) is 2.82. The van der Waals surface area contributed by atoms with Crippen molar-refractivity contribution >= 4 is 21.6 Å². The summed E-state index contributed by atoms with van der Waals surface area (Å²) in [5.74, 6) is 0. The van der Waals surface area contributed by atoms with E-state index in [0.717, 1.165) is 23.2 Å². The Bertz CT molecular complexity index is 721. The van der Waals surface area contributed by atoms with Gasteiger partial charge in [-0.3, -0.25) is 0 Å². The second-order valence-electron chi connectivity index (χ2n) is 5.29. The summed E-state index contributed by atoms with van der Waals surface area (Å²) in [5, 5.41) is 8.98. The minimum absolute atomic E-state index is 0.722. The molecule has 0 unspecified atom stereocenters. The third-order valence-electron chi connectivity index (χ3n) is 3.73. The van der Waals surface area contributed by atoms with Gasteiger partial charge in [-0.2, -0.15) is 5.10 Å². The fourth-order valence-corrected chi connectivity index (χ4v) is 3.28. The van der Waals surface area contributed by atoms with Crippen LogP contribution in [0.3, 0.4) is 0 Å². The lowest BCUT2D eigenvalue weighted by molar-refractivity contribution is 0.684. The van der Waals surface area contributed by atoms with Crippen LogP contribution in [0.15, 0.2) is 30.5 Å².